The van der Waals surface area contributed by atoms with Crippen LogP contribution in [0.25, 0.3) is 22.2 Å². The van der Waals surface area contributed by atoms with Gasteiger partial charge in [-0.15, -0.1) is 0 Å². The number of carbonyl (C=O) groups excluding carboxylic acids is 1. The summed E-state index contributed by atoms with van der Waals surface area (Å²) in [6.07, 6.45) is 0.945. The number of aromatic nitrogens is 2. The van der Waals surface area contributed by atoms with Gasteiger partial charge in [0, 0.05) is 17.1 Å². The first-order valence-electron chi connectivity index (χ1n) is 10.6. The Bertz CT molecular complexity index is 1230. The zero-order chi connectivity index (χ0) is 21.5. The van der Waals surface area contributed by atoms with E-state index in [0.717, 1.165) is 45.5 Å². The Labute approximate surface area is 186 Å². The second-order valence-corrected chi connectivity index (χ2v) is 8.77. The lowest BCUT2D eigenvalue weighted by molar-refractivity contribution is 0.0715. The Morgan fingerprint density at radius 2 is 1.84 bits per heavy atom. The topological polar surface area (TPSA) is 49.0 Å². The van der Waals surface area contributed by atoms with E-state index in [-0.39, 0.29) is 11.9 Å². The molecule has 156 valence electrons. The SMILES string of the molecule is Cc1cc2[nH]c([C@@H]3[C@@H](C)CCN3C(=O)c3ccccc3-c3ccccc3)nc2cc1Cl. The highest BCUT2D eigenvalue weighted by Crippen LogP contribution is 2.39. The van der Waals surface area contributed by atoms with Crippen LogP contribution in [0.2, 0.25) is 5.02 Å². The fraction of sp³-hybridized carbons (Fsp3) is 0.231. The number of nitrogens with one attached hydrogen (secondary N) is 1. The first kappa shape index (κ1) is 19.8. The van der Waals surface area contributed by atoms with Crippen molar-refractivity contribution in [2.24, 2.45) is 5.92 Å². The number of benzene rings is 3. The maximum Gasteiger partial charge on any atom is 0.255 e. The van der Waals surface area contributed by atoms with Gasteiger partial charge in [-0.25, -0.2) is 4.98 Å². The van der Waals surface area contributed by atoms with E-state index in [1.165, 1.54) is 0 Å². The molecule has 0 unspecified atom stereocenters. The number of likely N-dealkylation sites (tertiary alicyclic amines) is 1. The Hall–Kier alpha value is -3.11. The molecule has 0 saturated carbocycles. The van der Waals surface area contributed by atoms with Crippen LogP contribution in [0.1, 0.15) is 41.1 Å². The summed E-state index contributed by atoms with van der Waals surface area (Å²) >= 11 is 6.30. The van der Waals surface area contributed by atoms with Crippen LogP contribution >= 0.6 is 11.6 Å². The zero-order valence-corrected chi connectivity index (χ0v) is 18.4. The summed E-state index contributed by atoms with van der Waals surface area (Å²) in [5, 5.41) is 0.703. The molecule has 0 bridgehead atoms. The number of halogens is 1. The molecule has 3 aromatic carbocycles. The Balaban J connectivity index is 1.54. The maximum atomic E-state index is 13.8. The van der Waals surface area contributed by atoms with Gasteiger partial charge in [-0.05, 0) is 54.2 Å². The second-order valence-electron chi connectivity index (χ2n) is 8.36. The molecule has 5 heteroatoms. The van der Waals surface area contributed by atoms with Gasteiger partial charge >= 0.3 is 0 Å². The number of rotatable bonds is 3. The quantitative estimate of drug-likeness (QED) is 0.408. The number of nitrogens with zero attached hydrogens (tertiary/aromatic N) is 2. The van der Waals surface area contributed by atoms with Crippen molar-refractivity contribution in [3.63, 3.8) is 0 Å². The fourth-order valence-corrected chi connectivity index (χ4v) is 4.74. The van der Waals surface area contributed by atoms with Crippen LogP contribution in [0.4, 0.5) is 0 Å². The lowest BCUT2D eigenvalue weighted by Gasteiger charge is -2.26. The normalized spacial score (nSPS) is 18.6. The molecule has 1 saturated heterocycles. The van der Waals surface area contributed by atoms with Gasteiger partial charge in [-0.3, -0.25) is 4.79 Å². The van der Waals surface area contributed by atoms with Crippen molar-refractivity contribution in [2.45, 2.75) is 26.3 Å². The van der Waals surface area contributed by atoms with E-state index in [2.05, 4.69) is 11.9 Å². The molecule has 31 heavy (non-hydrogen) atoms. The third kappa shape index (κ3) is 3.51. The maximum absolute atomic E-state index is 13.8. The molecule has 5 rings (SSSR count). The summed E-state index contributed by atoms with van der Waals surface area (Å²) in [4.78, 5) is 24.0. The third-order valence-corrected chi connectivity index (χ3v) is 6.67. The molecule has 2 heterocycles. The molecule has 2 atom stereocenters. The van der Waals surface area contributed by atoms with Gasteiger partial charge in [-0.1, -0.05) is 67.1 Å². The van der Waals surface area contributed by atoms with E-state index in [0.29, 0.717) is 17.5 Å². The number of carbonyl (C=O) groups is 1. The first-order chi connectivity index (χ1) is 15.0. The monoisotopic (exact) mass is 429 g/mol. The first-order valence-corrected chi connectivity index (χ1v) is 11.0. The lowest BCUT2D eigenvalue weighted by atomic mass is 9.98. The molecular formula is C26H24ClN3O. The average Bonchev–Trinajstić information content (AvgIpc) is 3.36. The van der Waals surface area contributed by atoms with Crippen LogP contribution in [0, 0.1) is 12.8 Å². The van der Waals surface area contributed by atoms with Crippen LogP contribution in [-0.2, 0) is 0 Å². The molecule has 1 N–H and O–H groups in total. The van der Waals surface area contributed by atoms with Crippen molar-refractivity contribution in [1.82, 2.24) is 14.9 Å². The number of H-pyrrole nitrogens is 1. The summed E-state index contributed by atoms with van der Waals surface area (Å²) in [6, 6.07) is 21.7. The fourth-order valence-electron chi connectivity index (χ4n) is 4.59. The number of aryl methyl sites for hydroxylation is 1. The van der Waals surface area contributed by atoms with E-state index in [1.54, 1.807) is 0 Å². The van der Waals surface area contributed by atoms with Crippen molar-refractivity contribution in [3.05, 3.63) is 88.7 Å². The van der Waals surface area contributed by atoms with Gasteiger partial charge in [0.2, 0.25) is 0 Å². The molecule has 4 aromatic rings. The smallest absolute Gasteiger partial charge is 0.255 e. The molecule has 1 amide bonds. The van der Waals surface area contributed by atoms with Gasteiger partial charge in [0.05, 0.1) is 17.1 Å². The predicted molar refractivity (Wildman–Crippen MR) is 125 cm³/mol. The number of fused-ring (bicyclic) bond motifs is 1. The molecule has 4 nitrogen and oxygen atoms in total. The summed E-state index contributed by atoms with van der Waals surface area (Å²) in [5.41, 5.74) is 5.52. The minimum absolute atomic E-state index is 0.0449. The average molecular weight is 430 g/mol. The number of imidazole rings is 1. The predicted octanol–water partition coefficient (Wildman–Crippen LogP) is 6.42. The van der Waals surface area contributed by atoms with Crippen molar-refractivity contribution in [2.75, 3.05) is 6.54 Å². The summed E-state index contributed by atoms with van der Waals surface area (Å²) in [5.74, 6) is 1.18. The van der Waals surface area contributed by atoms with Gasteiger partial charge in [0.1, 0.15) is 5.82 Å². The minimum Gasteiger partial charge on any atom is -0.340 e. The Morgan fingerprint density at radius 3 is 2.65 bits per heavy atom. The summed E-state index contributed by atoms with van der Waals surface area (Å²) in [7, 11) is 0. The van der Waals surface area contributed by atoms with Gasteiger partial charge in [-0.2, -0.15) is 0 Å². The molecule has 0 radical (unpaired) electrons. The van der Waals surface area contributed by atoms with E-state index in [4.69, 9.17) is 16.6 Å². The van der Waals surface area contributed by atoms with Crippen LogP contribution < -0.4 is 0 Å². The highest BCUT2D eigenvalue weighted by atomic mass is 35.5. The van der Waals surface area contributed by atoms with Gasteiger partial charge in [0.15, 0.2) is 0 Å². The Morgan fingerprint density at radius 1 is 1.10 bits per heavy atom. The number of aromatic amines is 1. The van der Waals surface area contributed by atoms with Crippen LogP contribution in [0.15, 0.2) is 66.7 Å². The van der Waals surface area contributed by atoms with Crippen molar-refractivity contribution >= 4 is 28.5 Å². The number of hydrogen-bond acceptors (Lipinski definition) is 2. The van der Waals surface area contributed by atoms with Gasteiger partial charge < -0.3 is 9.88 Å². The lowest BCUT2D eigenvalue weighted by Crippen LogP contribution is -2.32. The molecule has 1 aliphatic rings. The third-order valence-electron chi connectivity index (χ3n) is 6.26. The van der Waals surface area contributed by atoms with Crippen LogP contribution in [0.3, 0.4) is 0 Å². The van der Waals surface area contributed by atoms with E-state index in [1.807, 2.05) is 78.6 Å². The van der Waals surface area contributed by atoms with Crippen LogP contribution in [-0.4, -0.2) is 27.3 Å². The van der Waals surface area contributed by atoms with E-state index >= 15 is 0 Å². The van der Waals surface area contributed by atoms with Crippen molar-refractivity contribution < 1.29 is 4.79 Å². The Kier molecular flexibility index (Phi) is 5.03. The molecular weight excluding hydrogens is 406 g/mol. The standard InChI is InChI=1S/C26H24ClN3O/c1-16-12-13-30(24(16)25-28-22-14-17(2)21(27)15-23(22)29-25)26(31)20-11-7-6-10-19(20)18-8-4-3-5-9-18/h3-11,14-16,24H,12-13H2,1-2H3,(H,28,29)/t16-,24-/m0/s1. The van der Waals surface area contributed by atoms with Gasteiger partial charge in [0.25, 0.3) is 5.91 Å². The molecule has 0 spiro atoms. The summed E-state index contributed by atoms with van der Waals surface area (Å²) in [6.45, 7) is 4.88. The number of amides is 1. The highest BCUT2D eigenvalue weighted by Gasteiger charge is 2.38. The summed E-state index contributed by atoms with van der Waals surface area (Å²) < 4.78 is 0. The van der Waals surface area contributed by atoms with E-state index < -0.39 is 0 Å². The van der Waals surface area contributed by atoms with Crippen molar-refractivity contribution in [3.8, 4) is 11.1 Å². The zero-order valence-electron chi connectivity index (χ0n) is 17.6. The largest absolute Gasteiger partial charge is 0.340 e. The molecule has 1 aromatic heterocycles. The molecule has 1 fully saturated rings. The van der Waals surface area contributed by atoms with Crippen molar-refractivity contribution in [1.29, 1.82) is 0 Å². The minimum atomic E-state index is -0.0946. The highest BCUT2D eigenvalue weighted by molar-refractivity contribution is 6.32. The van der Waals surface area contributed by atoms with E-state index in [9.17, 15) is 4.79 Å². The second kappa shape index (κ2) is 7.86. The van der Waals surface area contributed by atoms with Crippen LogP contribution in [0.5, 0.6) is 0 Å². The number of hydrogen-bond donors (Lipinski definition) is 1. The molecule has 1 aliphatic heterocycles. The molecule has 0 aliphatic carbocycles.